The van der Waals surface area contributed by atoms with E-state index in [0.29, 0.717) is 4.90 Å². The van der Waals surface area contributed by atoms with E-state index < -0.39 is 9.84 Å². The van der Waals surface area contributed by atoms with Crippen molar-refractivity contribution in [1.82, 2.24) is 19.6 Å². The van der Waals surface area contributed by atoms with Crippen LogP contribution < -0.4 is 0 Å². The molecule has 0 unspecified atom stereocenters. The maximum absolute atomic E-state index is 12.0. The molecule has 0 spiro atoms. The number of hydrogen-bond acceptors (Lipinski definition) is 8. The van der Waals surface area contributed by atoms with Crippen LogP contribution in [0.5, 0.6) is 0 Å². The molecule has 0 saturated heterocycles. The zero-order valence-electron chi connectivity index (χ0n) is 22.6. The van der Waals surface area contributed by atoms with Gasteiger partial charge >= 0.3 is 0 Å². The Kier molecular flexibility index (Phi) is 9.14. The van der Waals surface area contributed by atoms with Crippen molar-refractivity contribution >= 4 is 39.1 Å². The molecule has 0 bridgehead atoms. The molecule has 4 aromatic rings. The molecule has 0 radical (unpaired) electrons. The molecule has 39 heavy (non-hydrogen) atoms. The molecule has 0 saturated carbocycles. The highest BCUT2D eigenvalue weighted by atomic mass is 32.2. The normalized spacial score (nSPS) is 14.1. The zero-order chi connectivity index (χ0) is 28.2. The zero-order valence-corrected chi connectivity index (χ0v) is 24.3. The molecule has 208 valence electrons. The minimum atomic E-state index is -3.26. The summed E-state index contributed by atoms with van der Waals surface area (Å²) in [5.74, 6) is 1.75. The van der Waals surface area contributed by atoms with E-state index in [1.165, 1.54) is 17.4 Å². The summed E-state index contributed by atoms with van der Waals surface area (Å²) in [4.78, 5) is 16.0. The molecule has 2 aromatic heterocycles. The van der Waals surface area contributed by atoms with Crippen LogP contribution in [-0.4, -0.2) is 71.2 Å². The van der Waals surface area contributed by atoms with Crippen LogP contribution in [0.15, 0.2) is 57.0 Å². The van der Waals surface area contributed by atoms with Crippen LogP contribution in [-0.2, 0) is 27.5 Å². The quantitative estimate of drug-likeness (QED) is 0.245. The Hall–Kier alpha value is -3.15. The molecule has 9 nitrogen and oxygen atoms in total. The summed E-state index contributed by atoms with van der Waals surface area (Å²) in [6.45, 7) is 8.97. The second kappa shape index (κ2) is 12.4. The fourth-order valence-corrected chi connectivity index (χ4v) is 6.60. The highest BCUT2D eigenvalue weighted by Gasteiger charge is 2.19. The predicted octanol–water partition coefficient (Wildman–Crippen LogP) is 4.88. The third kappa shape index (κ3) is 6.90. The number of rotatable bonds is 7. The number of hydrogen-bond donors (Lipinski definition) is 1. The molecule has 0 aliphatic carbocycles. The number of fused-ring (bicyclic) bond motifs is 2. The first-order valence-corrected chi connectivity index (χ1v) is 15.7. The van der Waals surface area contributed by atoms with Crippen molar-refractivity contribution in [3.63, 3.8) is 0 Å². The van der Waals surface area contributed by atoms with Crippen molar-refractivity contribution in [2.24, 2.45) is 0 Å². The van der Waals surface area contributed by atoms with Crippen LogP contribution >= 0.6 is 11.8 Å². The molecule has 0 atom stereocenters. The maximum Gasteiger partial charge on any atom is 0.290 e. The fourth-order valence-electron chi connectivity index (χ4n) is 4.81. The number of imidazole rings is 1. The van der Waals surface area contributed by atoms with Crippen LogP contribution in [0.3, 0.4) is 0 Å². The van der Waals surface area contributed by atoms with Gasteiger partial charge in [0.1, 0.15) is 11.5 Å². The predicted molar refractivity (Wildman–Crippen MR) is 153 cm³/mol. The SMILES string of the molecule is Cc1cc(-c2ccc3c(c2)CCN(CCSc2nc4cc(S(C)(=O)=O)ccc4n2C(C)C)CC3)no1.O=CO. The first-order chi connectivity index (χ1) is 18.6. The van der Waals surface area contributed by atoms with E-state index in [2.05, 4.69) is 46.7 Å². The lowest BCUT2D eigenvalue weighted by molar-refractivity contribution is -0.122. The number of sulfone groups is 1. The molecule has 1 aliphatic rings. The summed E-state index contributed by atoms with van der Waals surface area (Å²) in [6.07, 6.45) is 3.29. The van der Waals surface area contributed by atoms with Gasteiger partial charge in [-0.05, 0) is 69.0 Å². The van der Waals surface area contributed by atoms with Gasteiger partial charge in [0.05, 0.1) is 15.9 Å². The molecular weight excluding hydrogens is 536 g/mol. The highest BCUT2D eigenvalue weighted by molar-refractivity contribution is 7.99. The number of carbonyl (C=O) groups is 1. The van der Waals surface area contributed by atoms with E-state index in [9.17, 15) is 8.42 Å². The molecular formula is C28H34N4O5S2. The van der Waals surface area contributed by atoms with Crippen LogP contribution in [0.25, 0.3) is 22.3 Å². The van der Waals surface area contributed by atoms with Gasteiger partial charge in [0.15, 0.2) is 15.0 Å². The topological polar surface area (TPSA) is 119 Å². The van der Waals surface area contributed by atoms with Gasteiger partial charge in [0.2, 0.25) is 0 Å². The standard InChI is InChI=1S/C27H32N4O3S2.CH2O2/c1-18(2)31-26-8-7-23(36(4,32)33)17-25(26)28-27(31)35-14-13-30-11-9-20-5-6-22(16-21(20)10-12-30)24-15-19(3)34-29-24;2-1-3/h5-8,15-18H,9-14H2,1-4H3;1H,(H,2,3). The molecule has 3 heterocycles. The summed E-state index contributed by atoms with van der Waals surface area (Å²) >= 11 is 1.74. The van der Waals surface area contributed by atoms with E-state index in [1.54, 1.807) is 23.9 Å². The molecule has 2 aromatic carbocycles. The smallest absolute Gasteiger partial charge is 0.290 e. The Morgan fingerprint density at radius 3 is 2.46 bits per heavy atom. The number of carboxylic acid groups (broad SMARTS) is 1. The number of aryl methyl sites for hydroxylation is 1. The first kappa shape index (κ1) is 28.8. The Bertz CT molecular complexity index is 1560. The maximum atomic E-state index is 12.0. The third-order valence-corrected chi connectivity index (χ3v) is 8.78. The minimum absolute atomic E-state index is 0.233. The Morgan fingerprint density at radius 2 is 1.82 bits per heavy atom. The fraction of sp³-hybridized carbons (Fsp3) is 0.393. The van der Waals surface area contributed by atoms with Gasteiger partial charge in [0.25, 0.3) is 6.47 Å². The van der Waals surface area contributed by atoms with Gasteiger partial charge in [-0.25, -0.2) is 13.4 Å². The van der Waals surface area contributed by atoms with Crippen molar-refractivity contribution in [3.8, 4) is 11.3 Å². The summed E-state index contributed by atoms with van der Waals surface area (Å²) < 4.78 is 31.5. The lowest BCUT2D eigenvalue weighted by Gasteiger charge is -2.19. The summed E-state index contributed by atoms with van der Waals surface area (Å²) in [5, 5.41) is 12.0. The van der Waals surface area contributed by atoms with Crippen molar-refractivity contribution < 1.29 is 22.8 Å². The van der Waals surface area contributed by atoms with Crippen molar-refractivity contribution in [1.29, 1.82) is 0 Å². The van der Waals surface area contributed by atoms with Gasteiger partial charge in [0, 0.05) is 49.3 Å². The molecule has 5 rings (SSSR count). The largest absolute Gasteiger partial charge is 0.483 e. The van der Waals surface area contributed by atoms with E-state index >= 15 is 0 Å². The summed E-state index contributed by atoms with van der Waals surface area (Å²) in [5.41, 5.74) is 6.52. The molecule has 1 aliphatic heterocycles. The van der Waals surface area contributed by atoms with E-state index in [-0.39, 0.29) is 12.5 Å². The van der Waals surface area contributed by atoms with E-state index in [0.717, 1.165) is 71.4 Å². The Morgan fingerprint density at radius 1 is 1.10 bits per heavy atom. The lowest BCUT2D eigenvalue weighted by Crippen LogP contribution is -2.28. The van der Waals surface area contributed by atoms with Crippen molar-refractivity contribution in [2.45, 2.75) is 49.7 Å². The Balaban J connectivity index is 0.00000112. The van der Waals surface area contributed by atoms with Gasteiger partial charge in [-0.1, -0.05) is 29.1 Å². The average molecular weight is 571 g/mol. The lowest BCUT2D eigenvalue weighted by atomic mass is 9.99. The van der Waals surface area contributed by atoms with Crippen LogP contribution in [0, 0.1) is 6.92 Å². The van der Waals surface area contributed by atoms with Crippen LogP contribution in [0.2, 0.25) is 0 Å². The Labute approximate surface area is 233 Å². The summed E-state index contributed by atoms with van der Waals surface area (Å²) in [6, 6.07) is 14.1. The molecule has 0 fully saturated rings. The number of benzene rings is 2. The second-order valence-electron chi connectivity index (χ2n) is 9.88. The van der Waals surface area contributed by atoms with Crippen molar-refractivity contribution in [2.75, 3.05) is 31.6 Å². The van der Waals surface area contributed by atoms with Crippen LogP contribution in [0.1, 0.15) is 36.8 Å². The number of aromatic nitrogens is 3. The molecule has 11 heteroatoms. The number of nitrogens with zero attached hydrogens (tertiary/aromatic N) is 4. The van der Waals surface area contributed by atoms with Gasteiger partial charge in [-0.2, -0.15) is 0 Å². The third-order valence-electron chi connectivity index (χ3n) is 6.74. The minimum Gasteiger partial charge on any atom is -0.483 e. The molecule has 0 amide bonds. The second-order valence-corrected chi connectivity index (χ2v) is 13.0. The van der Waals surface area contributed by atoms with Gasteiger partial charge in [-0.15, -0.1) is 0 Å². The summed E-state index contributed by atoms with van der Waals surface area (Å²) in [7, 11) is -3.26. The highest BCUT2D eigenvalue weighted by Crippen LogP contribution is 2.30. The molecule has 1 N–H and O–H groups in total. The van der Waals surface area contributed by atoms with Crippen LogP contribution in [0.4, 0.5) is 0 Å². The monoisotopic (exact) mass is 570 g/mol. The van der Waals surface area contributed by atoms with Gasteiger partial charge in [-0.3, -0.25) is 4.79 Å². The van der Waals surface area contributed by atoms with Gasteiger partial charge < -0.3 is 19.1 Å². The first-order valence-electron chi connectivity index (χ1n) is 12.8. The van der Waals surface area contributed by atoms with E-state index in [1.807, 2.05) is 19.1 Å². The van der Waals surface area contributed by atoms with E-state index in [4.69, 9.17) is 19.4 Å². The average Bonchev–Trinajstić information content (AvgIpc) is 3.42. The van der Waals surface area contributed by atoms with Crippen molar-refractivity contribution in [3.05, 3.63) is 59.4 Å². The number of thioether (sulfide) groups is 1.